The molecular formula is C17H11BrFNO3. The van der Waals surface area contributed by atoms with E-state index in [1.54, 1.807) is 36.4 Å². The van der Waals surface area contributed by atoms with Crippen LogP contribution >= 0.6 is 15.9 Å². The Morgan fingerprint density at radius 1 is 1.26 bits per heavy atom. The zero-order valence-electron chi connectivity index (χ0n) is 11.8. The molecule has 4 nitrogen and oxygen atoms in total. The molecule has 116 valence electrons. The van der Waals surface area contributed by atoms with Gasteiger partial charge in [-0.25, -0.2) is 4.39 Å². The molecule has 0 fully saturated rings. The molecule has 2 aromatic carbocycles. The van der Waals surface area contributed by atoms with Crippen LogP contribution in [0.4, 0.5) is 10.1 Å². The fraction of sp³-hybridized carbons (Fsp3) is 0.0588. The van der Waals surface area contributed by atoms with Gasteiger partial charge in [-0.15, -0.1) is 0 Å². The van der Waals surface area contributed by atoms with Gasteiger partial charge in [0.05, 0.1) is 10.2 Å². The highest BCUT2D eigenvalue weighted by Gasteiger charge is 2.17. The highest BCUT2D eigenvalue weighted by atomic mass is 79.9. The van der Waals surface area contributed by atoms with Crippen LogP contribution in [0.5, 0.6) is 5.75 Å². The Hall–Kier alpha value is -2.47. The molecule has 1 aliphatic rings. The number of benzene rings is 2. The number of ether oxygens (including phenoxy) is 1. The molecule has 0 spiro atoms. The van der Waals surface area contributed by atoms with Gasteiger partial charge in [-0.2, -0.15) is 0 Å². The van der Waals surface area contributed by atoms with E-state index in [9.17, 15) is 14.0 Å². The average Bonchev–Trinajstić information content (AvgIpc) is 2.55. The number of allylic oxidation sites excluding steroid dienone is 1. The molecule has 0 bridgehead atoms. The minimum atomic E-state index is -0.362. The van der Waals surface area contributed by atoms with E-state index in [1.165, 1.54) is 12.1 Å². The van der Waals surface area contributed by atoms with E-state index >= 15 is 0 Å². The predicted molar refractivity (Wildman–Crippen MR) is 88.0 cm³/mol. The molecule has 1 amide bonds. The van der Waals surface area contributed by atoms with Crippen LogP contribution in [0.15, 0.2) is 46.9 Å². The zero-order chi connectivity index (χ0) is 16.4. The second-order valence-corrected chi connectivity index (χ2v) is 5.77. The van der Waals surface area contributed by atoms with Crippen molar-refractivity contribution in [2.24, 2.45) is 0 Å². The second kappa shape index (κ2) is 6.34. The van der Waals surface area contributed by atoms with Crippen molar-refractivity contribution in [3.8, 4) is 5.75 Å². The lowest BCUT2D eigenvalue weighted by molar-refractivity contribution is -0.118. The van der Waals surface area contributed by atoms with E-state index in [0.717, 1.165) is 0 Å². The monoisotopic (exact) mass is 375 g/mol. The lowest BCUT2D eigenvalue weighted by Crippen LogP contribution is -2.25. The summed E-state index contributed by atoms with van der Waals surface area (Å²) in [5.41, 5.74) is 1.60. The summed E-state index contributed by atoms with van der Waals surface area (Å²) in [6.07, 6.45) is 2.99. The zero-order valence-corrected chi connectivity index (χ0v) is 13.4. The normalized spacial score (nSPS) is 13.4. The van der Waals surface area contributed by atoms with Crippen LogP contribution in [0.1, 0.15) is 15.9 Å². The Balaban J connectivity index is 1.80. The fourth-order valence-corrected chi connectivity index (χ4v) is 2.52. The Labute approximate surface area is 140 Å². The third-order valence-corrected chi connectivity index (χ3v) is 3.88. The number of nitrogens with one attached hydrogen (secondary N) is 1. The summed E-state index contributed by atoms with van der Waals surface area (Å²) in [6.45, 7) is -0.0281. The first-order valence-electron chi connectivity index (χ1n) is 6.77. The highest BCUT2D eigenvalue weighted by molar-refractivity contribution is 9.10. The van der Waals surface area contributed by atoms with Gasteiger partial charge in [0.1, 0.15) is 11.6 Å². The van der Waals surface area contributed by atoms with Crippen LogP contribution in [0.2, 0.25) is 0 Å². The van der Waals surface area contributed by atoms with Gasteiger partial charge in [0, 0.05) is 5.56 Å². The lowest BCUT2D eigenvalue weighted by atomic mass is 10.1. The number of carbonyl (C=O) groups is 2. The summed E-state index contributed by atoms with van der Waals surface area (Å²) in [7, 11) is 0. The number of hydrogen-bond acceptors (Lipinski definition) is 3. The van der Waals surface area contributed by atoms with Crippen molar-refractivity contribution in [3.63, 3.8) is 0 Å². The molecule has 0 unspecified atom stereocenters. The third kappa shape index (κ3) is 3.48. The first-order chi connectivity index (χ1) is 11.0. The molecule has 1 aliphatic heterocycles. The number of ketones is 1. The first-order valence-corrected chi connectivity index (χ1v) is 7.56. The van der Waals surface area contributed by atoms with Gasteiger partial charge in [-0.3, -0.25) is 9.59 Å². The summed E-state index contributed by atoms with van der Waals surface area (Å²) in [4.78, 5) is 23.5. The van der Waals surface area contributed by atoms with Gasteiger partial charge in [0.15, 0.2) is 12.4 Å². The van der Waals surface area contributed by atoms with Crippen LogP contribution in [0.3, 0.4) is 0 Å². The number of carbonyl (C=O) groups excluding carboxylic acids is 2. The summed E-state index contributed by atoms with van der Waals surface area (Å²) >= 11 is 3.10. The summed E-state index contributed by atoms with van der Waals surface area (Å²) in [5, 5.41) is 2.65. The van der Waals surface area contributed by atoms with Gasteiger partial charge < -0.3 is 10.1 Å². The van der Waals surface area contributed by atoms with Crippen molar-refractivity contribution < 1.29 is 18.7 Å². The minimum Gasteiger partial charge on any atom is -0.482 e. The number of rotatable bonds is 3. The lowest BCUT2D eigenvalue weighted by Gasteiger charge is -2.17. The smallest absolute Gasteiger partial charge is 0.262 e. The largest absolute Gasteiger partial charge is 0.482 e. The summed E-state index contributed by atoms with van der Waals surface area (Å²) in [5.74, 6) is -0.312. The highest BCUT2D eigenvalue weighted by Crippen LogP contribution is 2.28. The topological polar surface area (TPSA) is 55.4 Å². The number of halogens is 2. The van der Waals surface area contributed by atoms with E-state index in [2.05, 4.69) is 21.2 Å². The third-order valence-electron chi connectivity index (χ3n) is 3.27. The van der Waals surface area contributed by atoms with Crippen molar-refractivity contribution in [1.82, 2.24) is 0 Å². The average molecular weight is 376 g/mol. The van der Waals surface area contributed by atoms with Crippen molar-refractivity contribution in [2.75, 3.05) is 11.9 Å². The Bertz CT molecular complexity index is 833. The molecule has 1 N–H and O–H groups in total. The summed E-state index contributed by atoms with van der Waals surface area (Å²) in [6, 6.07) is 9.32. The first kappa shape index (κ1) is 15.4. The molecule has 0 saturated heterocycles. The number of fused-ring (bicyclic) bond motifs is 1. The van der Waals surface area contributed by atoms with Gasteiger partial charge in [0.25, 0.3) is 5.91 Å². The maximum absolute atomic E-state index is 13.2. The molecule has 0 saturated carbocycles. The van der Waals surface area contributed by atoms with Crippen LogP contribution in [0.25, 0.3) is 6.08 Å². The molecule has 3 rings (SSSR count). The van der Waals surface area contributed by atoms with Crippen LogP contribution in [-0.2, 0) is 4.79 Å². The number of amides is 1. The van der Waals surface area contributed by atoms with Gasteiger partial charge >= 0.3 is 0 Å². The van der Waals surface area contributed by atoms with Crippen molar-refractivity contribution in [3.05, 3.63) is 63.9 Å². The van der Waals surface area contributed by atoms with Crippen molar-refractivity contribution in [2.45, 2.75) is 0 Å². The fourth-order valence-electron chi connectivity index (χ4n) is 2.12. The quantitative estimate of drug-likeness (QED) is 0.655. The van der Waals surface area contributed by atoms with Crippen LogP contribution in [0, 0.1) is 5.82 Å². The van der Waals surface area contributed by atoms with E-state index < -0.39 is 0 Å². The molecule has 6 heteroatoms. The SMILES string of the molecule is O=C1COc2ccc(C(=O)/C=C/c3ccc(F)c(Br)c3)cc2N1. The number of anilines is 1. The summed E-state index contributed by atoms with van der Waals surface area (Å²) < 4.78 is 18.7. The minimum absolute atomic E-state index is 0.0281. The molecular weight excluding hydrogens is 365 g/mol. The number of hydrogen-bond donors (Lipinski definition) is 1. The molecule has 0 aliphatic carbocycles. The second-order valence-electron chi connectivity index (χ2n) is 4.92. The molecule has 0 atom stereocenters. The van der Waals surface area contributed by atoms with Gasteiger partial charge in [-0.1, -0.05) is 12.1 Å². The predicted octanol–water partition coefficient (Wildman–Crippen LogP) is 3.82. The van der Waals surface area contributed by atoms with Crippen LogP contribution in [-0.4, -0.2) is 18.3 Å². The van der Waals surface area contributed by atoms with E-state index in [0.29, 0.717) is 27.0 Å². The molecule has 23 heavy (non-hydrogen) atoms. The van der Waals surface area contributed by atoms with Crippen molar-refractivity contribution >= 4 is 39.4 Å². The molecule has 1 heterocycles. The molecule has 2 aromatic rings. The van der Waals surface area contributed by atoms with Gasteiger partial charge in [0.2, 0.25) is 0 Å². The van der Waals surface area contributed by atoms with E-state index in [1.807, 2.05) is 0 Å². The Morgan fingerprint density at radius 2 is 2.09 bits per heavy atom. The maximum atomic E-state index is 13.2. The van der Waals surface area contributed by atoms with Crippen molar-refractivity contribution in [1.29, 1.82) is 0 Å². The Kier molecular flexibility index (Phi) is 4.25. The van der Waals surface area contributed by atoms with Crippen LogP contribution < -0.4 is 10.1 Å². The Morgan fingerprint density at radius 3 is 2.87 bits per heavy atom. The molecule has 0 radical (unpaired) electrons. The van der Waals surface area contributed by atoms with E-state index in [4.69, 9.17) is 4.74 Å². The molecule has 0 aromatic heterocycles. The van der Waals surface area contributed by atoms with E-state index in [-0.39, 0.29) is 24.1 Å². The van der Waals surface area contributed by atoms with Gasteiger partial charge in [-0.05, 0) is 57.9 Å². The maximum Gasteiger partial charge on any atom is 0.262 e. The standard InChI is InChI=1S/C17H11BrFNO3/c18-12-7-10(1-4-13(12)19)2-5-15(21)11-3-6-16-14(8-11)20-17(22)9-23-16/h1-8H,9H2,(H,20,22)/b5-2+.